The van der Waals surface area contributed by atoms with E-state index in [-0.39, 0.29) is 10.8 Å². The van der Waals surface area contributed by atoms with Crippen molar-refractivity contribution in [3.05, 3.63) is 52.5 Å². The van der Waals surface area contributed by atoms with Gasteiger partial charge >= 0.3 is 0 Å². The van der Waals surface area contributed by atoms with Gasteiger partial charge in [-0.25, -0.2) is 8.42 Å². The fourth-order valence-electron chi connectivity index (χ4n) is 1.83. The summed E-state index contributed by atoms with van der Waals surface area (Å²) in [6, 6.07) is 11.4. The molecule has 2 aromatic rings. The third kappa shape index (κ3) is 4.08. The van der Waals surface area contributed by atoms with Gasteiger partial charge in [-0.2, -0.15) is 0 Å². The molecule has 0 fully saturated rings. The van der Waals surface area contributed by atoms with Crippen LogP contribution in [0.15, 0.2) is 51.8 Å². The first kappa shape index (κ1) is 16.5. The van der Waals surface area contributed by atoms with Crippen LogP contribution in [0.5, 0.6) is 0 Å². The number of hydrogen-bond acceptors (Lipinski definition) is 3. The monoisotopic (exact) mass is 382 g/mol. The van der Waals surface area contributed by atoms with Crippen LogP contribution in [0.2, 0.25) is 0 Å². The van der Waals surface area contributed by atoms with Crippen molar-refractivity contribution in [2.75, 3.05) is 10.0 Å². The summed E-state index contributed by atoms with van der Waals surface area (Å²) in [4.78, 5) is 11.1. The minimum Gasteiger partial charge on any atom is -0.326 e. The third-order valence-electron chi connectivity index (χ3n) is 2.93. The van der Waals surface area contributed by atoms with Crippen molar-refractivity contribution < 1.29 is 13.2 Å². The first-order valence-electron chi connectivity index (χ1n) is 6.44. The SMILES string of the molecule is CC(=O)Nc1ccc(S(=O)(=O)Nc2cc(Br)ccc2C)cc1. The largest absolute Gasteiger partial charge is 0.326 e. The summed E-state index contributed by atoms with van der Waals surface area (Å²) in [6.45, 7) is 3.21. The number of carbonyl (C=O) groups excluding carboxylic acids is 1. The van der Waals surface area contributed by atoms with Crippen molar-refractivity contribution in [2.45, 2.75) is 18.7 Å². The molecule has 1 amide bonds. The maximum atomic E-state index is 12.4. The molecule has 0 bridgehead atoms. The number of sulfonamides is 1. The number of aryl methyl sites for hydroxylation is 1. The van der Waals surface area contributed by atoms with E-state index in [1.807, 2.05) is 19.1 Å². The minimum absolute atomic E-state index is 0.126. The highest BCUT2D eigenvalue weighted by molar-refractivity contribution is 9.10. The first-order valence-corrected chi connectivity index (χ1v) is 8.72. The van der Waals surface area contributed by atoms with Gasteiger partial charge in [0.15, 0.2) is 0 Å². The van der Waals surface area contributed by atoms with Gasteiger partial charge in [0.1, 0.15) is 0 Å². The van der Waals surface area contributed by atoms with Gasteiger partial charge in [-0.05, 0) is 48.9 Å². The zero-order valence-corrected chi connectivity index (χ0v) is 14.5. The van der Waals surface area contributed by atoms with Crippen molar-refractivity contribution in [1.29, 1.82) is 0 Å². The van der Waals surface area contributed by atoms with Crippen LogP contribution in [-0.2, 0) is 14.8 Å². The molecule has 0 aliphatic heterocycles. The second-order valence-electron chi connectivity index (χ2n) is 4.77. The van der Waals surface area contributed by atoms with E-state index < -0.39 is 10.0 Å². The molecule has 5 nitrogen and oxygen atoms in total. The molecular weight excluding hydrogens is 368 g/mol. The van der Waals surface area contributed by atoms with Crippen molar-refractivity contribution in [1.82, 2.24) is 0 Å². The van der Waals surface area contributed by atoms with Crippen LogP contribution in [-0.4, -0.2) is 14.3 Å². The lowest BCUT2D eigenvalue weighted by Gasteiger charge is -2.11. The Bertz CT molecular complexity index is 802. The second kappa shape index (κ2) is 6.50. The van der Waals surface area contributed by atoms with Gasteiger partial charge in [0.25, 0.3) is 10.0 Å². The fourth-order valence-corrected chi connectivity index (χ4v) is 3.31. The summed E-state index contributed by atoms with van der Waals surface area (Å²) in [6.07, 6.45) is 0. The molecule has 2 aromatic carbocycles. The number of benzene rings is 2. The van der Waals surface area contributed by atoms with Crippen LogP contribution < -0.4 is 10.0 Å². The van der Waals surface area contributed by atoms with Crippen LogP contribution >= 0.6 is 15.9 Å². The Hall–Kier alpha value is -1.86. The molecule has 0 aliphatic rings. The van der Waals surface area contributed by atoms with Gasteiger partial charge in [-0.15, -0.1) is 0 Å². The maximum absolute atomic E-state index is 12.4. The zero-order valence-electron chi connectivity index (χ0n) is 12.1. The van der Waals surface area contributed by atoms with Crippen molar-refractivity contribution >= 4 is 43.2 Å². The standard InChI is InChI=1S/C15H15BrN2O3S/c1-10-3-4-12(16)9-15(10)18-22(20,21)14-7-5-13(6-8-14)17-11(2)19/h3-9,18H,1-2H3,(H,17,19). The summed E-state index contributed by atoms with van der Waals surface area (Å²) in [5, 5.41) is 2.59. The number of nitrogens with one attached hydrogen (secondary N) is 2. The Kier molecular flexibility index (Phi) is 4.87. The van der Waals surface area contributed by atoms with Gasteiger partial charge in [0.2, 0.25) is 5.91 Å². The van der Waals surface area contributed by atoms with Crippen LogP contribution in [0.4, 0.5) is 11.4 Å². The fraction of sp³-hybridized carbons (Fsp3) is 0.133. The molecule has 0 aliphatic carbocycles. The highest BCUT2D eigenvalue weighted by Gasteiger charge is 2.15. The van der Waals surface area contributed by atoms with Crippen LogP contribution in [0.1, 0.15) is 12.5 Å². The molecule has 22 heavy (non-hydrogen) atoms. The summed E-state index contributed by atoms with van der Waals surface area (Å²) < 4.78 is 28.1. The summed E-state index contributed by atoms with van der Waals surface area (Å²) in [5.74, 6) is -0.210. The molecule has 0 radical (unpaired) electrons. The Balaban J connectivity index is 2.26. The third-order valence-corrected chi connectivity index (χ3v) is 4.80. The van der Waals surface area contributed by atoms with E-state index in [4.69, 9.17) is 0 Å². The predicted octanol–water partition coefficient (Wildman–Crippen LogP) is 3.52. The summed E-state index contributed by atoms with van der Waals surface area (Å²) in [7, 11) is -3.68. The molecule has 0 heterocycles. The molecular formula is C15H15BrN2O3S. The first-order chi connectivity index (χ1) is 10.3. The predicted molar refractivity (Wildman–Crippen MR) is 90.4 cm³/mol. The highest BCUT2D eigenvalue weighted by atomic mass is 79.9. The van der Waals surface area contributed by atoms with Crippen molar-refractivity contribution in [3.63, 3.8) is 0 Å². The van der Waals surface area contributed by atoms with E-state index in [1.165, 1.54) is 19.1 Å². The minimum atomic E-state index is -3.68. The van der Waals surface area contributed by atoms with E-state index in [1.54, 1.807) is 18.2 Å². The Morgan fingerprint density at radius 2 is 1.73 bits per heavy atom. The Morgan fingerprint density at radius 3 is 2.32 bits per heavy atom. The molecule has 0 aromatic heterocycles. The lowest BCUT2D eigenvalue weighted by molar-refractivity contribution is -0.114. The van der Waals surface area contributed by atoms with E-state index in [0.717, 1.165) is 10.0 Å². The lowest BCUT2D eigenvalue weighted by Crippen LogP contribution is -2.14. The number of halogens is 1. The van der Waals surface area contributed by atoms with Gasteiger partial charge in [-0.3, -0.25) is 9.52 Å². The van der Waals surface area contributed by atoms with Gasteiger partial charge in [0.05, 0.1) is 10.6 Å². The Labute approximate surface area is 137 Å². The number of amides is 1. The van der Waals surface area contributed by atoms with Crippen molar-refractivity contribution in [2.24, 2.45) is 0 Å². The van der Waals surface area contributed by atoms with Crippen LogP contribution in [0.25, 0.3) is 0 Å². The molecule has 0 saturated heterocycles. The number of anilines is 2. The number of carbonyl (C=O) groups is 1. The zero-order chi connectivity index (χ0) is 16.3. The van der Waals surface area contributed by atoms with Gasteiger partial charge < -0.3 is 5.32 Å². The second-order valence-corrected chi connectivity index (χ2v) is 7.37. The van der Waals surface area contributed by atoms with Crippen LogP contribution in [0.3, 0.4) is 0 Å². The topological polar surface area (TPSA) is 75.3 Å². The molecule has 0 spiro atoms. The molecule has 0 unspecified atom stereocenters. The Morgan fingerprint density at radius 1 is 1.09 bits per heavy atom. The van der Waals surface area contributed by atoms with E-state index in [2.05, 4.69) is 26.0 Å². The van der Waals surface area contributed by atoms with E-state index in [0.29, 0.717) is 11.4 Å². The quantitative estimate of drug-likeness (QED) is 0.849. The van der Waals surface area contributed by atoms with Gasteiger partial charge in [-0.1, -0.05) is 22.0 Å². The summed E-state index contributed by atoms with van der Waals surface area (Å²) in [5.41, 5.74) is 1.88. The molecule has 2 N–H and O–H groups in total. The van der Waals surface area contributed by atoms with Gasteiger partial charge in [0, 0.05) is 17.1 Å². The smallest absolute Gasteiger partial charge is 0.261 e. The molecule has 0 saturated carbocycles. The number of hydrogen-bond donors (Lipinski definition) is 2. The molecule has 2 rings (SSSR count). The molecule has 0 atom stereocenters. The van der Waals surface area contributed by atoms with Crippen LogP contribution in [0, 0.1) is 6.92 Å². The number of rotatable bonds is 4. The normalized spacial score (nSPS) is 11.0. The highest BCUT2D eigenvalue weighted by Crippen LogP contribution is 2.24. The van der Waals surface area contributed by atoms with E-state index >= 15 is 0 Å². The lowest BCUT2D eigenvalue weighted by atomic mass is 10.2. The average molecular weight is 383 g/mol. The van der Waals surface area contributed by atoms with Crippen molar-refractivity contribution in [3.8, 4) is 0 Å². The van der Waals surface area contributed by atoms with E-state index in [9.17, 15) is 13.2 Å². The molecule has 116 valence electrons. The molecule has 7 heteroatoms. The maximum Gasteiger partial charge on any atom is 0.261 e. The summed E-state index contributed by atoms with van der Waals surface area (Å²) >= 11 is 3.32. The average Bonchev–Trinajstić information content (AvgIpc) is 2.42.